The lowest BCUT2D eigenvalue weighted by molar-refractivity contribution is -0.302. The summed E-state index contributed by atoms with van der Waals surface area (Å²) in [6.45, 7) is 3.80. The highest BCUT2D eigenvalue weighted by atomic mass is 16.7. The molecule has 1 heterocycles. The van der Waals surface area contributed by atoms with Gasteiger partial charge in [-0.15, -0.1) is 0 Å². The first-order valence-corrected chi connectivity index (χ1v) is 19.7. The van der Waals surface area contributed by atoms with Gasteiger partial charge in [0.2, 0.25) is 5.91 Å². The van der Waals surface area contributed by atoms with Gasteiger partial charge < -0.3 is 40.3 Å². The second-order valence-corrected chi connectivity index (χ2v) is 14.1. The maximum atomic E-state index is 12.9. The predicted molar refractivity (Wildman–Crippen MR) is 189 cm³/mol. The van der Waals surface area contributed by atoms with Crippen LogP contribution >= 0.6 is 0 Å². The first kappa shape index (κ1) is 44.2. The maximum Gasteiger partial charge on any atom is 0.220 e. The summed E-state index contributed by atoms with van der Waals surface area (Å²) in [6, 6.07) is -0.708. The third-order valence-electron chi connectivity index (χ3n) is 9.71. The number of ether oxygens (including phenoxy) is 2. The van der Waals surface area contributed by atoms with Gasteiger partial charge in [-0.3, -0.25) is 4.79 Å². The van der Waals surface area contributed by atoms with Crippen molar-refractivity contribution in [3.8, 4) is 0 Å². The molecule has 9 nitrogen and oxygen atoms in total. The standard InChI is InChI=1S/C38H75NO8/c1-3-5-7-9-11-13-15-16-17-18-20-22-24-26-28-34(42)39-31(30-46-38-37(45)36(44)35(43)33(29-40)47-38)32(41)27-25-23-21-19-14-12-10-8-6-4-2/h31-33,35-38,40-41,43-45H,3-30H2,1-2H3,(H,39,42). The zero-order valence-corrected chi connectivity index (χ0v) is 30.3. The maximum absolute atomic E-state index is 12.9. The van der Waals surface area contributed by atoms with Crippen LogP contribution in [-0.4, -0.2) is 87.5 Å². The molecule has 0 radical (unpaired) electrons. The van der Waals surface area contributed by atoms with Crippen molar-refractivity contribution in [1.29, 1.82) is 0 Å². The Balaban J connectivity index is 2.39. The van der Waals surface area contributed by atoms with Crippen LogP contribution in [0, 0.1) is 0 Å². The van der Waals surface area contributed by atoms with Crippen LogP contribution in [0.4, 0.5) is 0 Å². The molecule has 280 valence electrons. The lowest BCUT2D eigenvalue weighted by Gasteiger charge is -2.40. The highest BCUT2D eigenvalue weighted by molar-refractivity contribution is 5.76. The summed E-state index contributed by atoms with van der Waals surface area (Å²) in [7, 11) is 0. The fourth-order valence-electron chi connectivity index (χ4n) is 6.45. The van der Waals surface area contributed by atoms with Crippen molar-refractivity contribution < 1.29 is 39.8 Å². The summed E-state index contributed by atoms with van der Waals surface area (Å²) in [4.78, 5) is 12.9. The zero-order valence-electron chi connectivity index (χ0n) is 30.3. The second-order valence-electron chi connectivity index (χ2n) is 14.1. The van der Waals surface area contributed by atoms with E-state index in [0.29, 0.717) is 12.8 Å². The van der Waals surface area contributed by atoms with Gasteiger partial charge in [-0.2, -0.15) is 0 Å². The van der Waals surface area contributed by atoms with E-state index in [0.717, 1.165) is 38.5 Å². The third-order valence-corrected chi connectivity index (χ3v) is 9.71. The Kier molecular flexibility index (Phi) is 28.3. The molecule has 1 aliphatic heterocycles. The minimum atomic E-state index is -1.55. The second kappa shape index (κ2) is 30.1. The average molecular weight is 674 g/mol. The van der Waals surface area contributed by atoms with E-state index in [-0.39, 0.29) is 12.5 Å². The number of carbonyl (C=O) groups excluding carboxylic acids is 1. The Morgan fingerprint density at radius 2 is 1.06 bits per heavy atom. The fraction of sp³-hybridized carbons (Fsp3) is 0.974. The van der Waals surface area contributed by atoms with Crippen molar-refractivity contribution in [3.63, 3.8) is 0 Å². The van der Waals surface area contributed by atoms with Crippen molar-refractivity contribution >= 4 is 5.91 Å². The molecule has 0 aromatic heterocycles. The van der Waals surface area contributed by atoms with Crippen molar-refractivity contribution in [3.05, 3.63) is 0 Å². The topological polar surface area (TPSA) is 149 Å². The molecular weight excluding hydrogens is 598 g/mol. The molecule has 47 heavy (non-hydrogen) atoms. The minimum Gasteiger partial charge on any atom is -0.394 e. The molecule has 9 heteroatoms. The molecule has 0 saturated carbocycles. The summed E-state index contributed by atoms with van der Waals surface area (Å²) in [5.74, 6) is -0.145. The quantitative estimate of drug-likeness (QED) is 0.0426. The van der Waals surface area contributed by atoms with Gasteiger partial charge in [-0.05, 0) is 12.8 Å². The summed E-state index contributed by atoms with van der Waals surface area (Å²) >= 11 is 0. The Morgan fingerprint density at radius 3 is 1.51 bits per heavy atom. The van der Waals surface area contributed by atoms with Gasteiger partial charge >= 0.3 is 0 Å². The number of hydrogen-bond donors (Lipinski definition) is 6. The number of rotatable bonds is 32. The predicted octanol–water partition coefficient (Wildman–Crippen LogP) is 6.83. The normalized spacial score (nSPS) is 22.7. The molecule has 1 fully saturated rings. The Bertz CT molecular complexity index is 711. The van der Waals surface area contributed by atoms with Crippen LogP contribution < -0.4 is 5.32 Å². The van der Waals surface area contributed by atoms with Crippen LogP contribution in [0.2, 0.25) is 0 Å². The van der Waals surface area contributed by atoms with E-state index in [4.69, 9.17) is 9.47 Å². The molecule has 1 amide bonds. The van der Waals surface area contributed by atoms with Gasteiger partial charge in [0.05, 0.1) is 25.4 Å². The molecule has 0 aromatic carbocycles. The SMILES string of the molecule is CCCCCCCCCCCCCCCCC(=O)NC(COC1OC(CO)C(O)C(O)C1O)C(O)CCCCCCCCCCCC. The molecule has 6 N–H and O–H groups in total. The molecule has 7 unspecified atom stereocenters. The van der Waals surface area contributed by atoms with Crippen LogP contribution in [0.1, 0.15) is 181 Å². The van der Waals surface area contributed by atoms with Gasteiger partial charge in [0.15, 0.2) is 6.29 Å². The fourth-order valence-corrected chi connectivity index (χ4v) is 6.45. The summed E-state index contributed by atoms with van der Waals surface area (Å²) < 4.78 is 11.2. The van der Waals surface area contributed by atoms with Crippen LogP contribution in [-0.2, 0) is 14.3 Å². The molecule has 0 aromatic rings. The summed E-state index contributed by atoms with van der Waals surface area (Å²) in [5.41, 5.74) is 0. The van der Waals surface area contributed by atoms with Crippen molar-refractivity contribution in [1.82, 2.24) is 5.32 Å². The number of unbranched alkanes of at least 4 members (excludes halogenated alkanes) is 22. The number of carbonyl (C=O) groups is 1. The highest BCUT2D eigenvalue weighted by Crippen LogP contribution is 2.23. The molecule has 1 saturated heterocycles. The van der Waals surface area contributed by atoms with Crippen LogP contribution in [0.5, 0.6) is 0 Å². The van der Waals surface area contributed by atoms with Gasteiger partial charge in [0, 0.05) is 6.42 Å². The molecule has 0 bridgehead atoms. The minimum absolute atomic E-state index is 0.133. The van der Waals surface area contributed by atoms with E-state index < -0.39 is 49.5 Å². The highest BCUT2D eigenvalue weighted by Gasteiger charge is 2.44. The first-order chi connectivity index (χ1) is 22.8. The average Bonchev–Trinajstić information content (AvgIpc) is 3.07. The van der Waals surface area contributed by atoms with E-state index in [2.05, 4.69) is 19.2 Å². The van der Waals surface area contributed by atoms with Gasteiger partial charge in [0.1, 0.15) is 24.4 Å². The zero-order chi connectivity index (χ0) is 34.5. The van der Waals surface area contributed by atoms with Crippen molar-refractivity contribution in [2.45, 2.75) is 224 Å². The van der Waals surface area contributed by atoms with E-state index in [1.807, 2.05) is 0 Å². The number of hydrogen-bond acceptors (Lipinski definition) is 8. The van der Waals surface area contributed by atoms with Crippen molar-refractivity contribution in [2.75, 3.05) is 13.2 Å². The number of aliphatic hydroxyl groups excluding tert-OH is 5. The number of aliphatic hydroxyl groups is 5. The lowest BCUT2D eigenvalue weighted by atomic mass is 9.99. The summed E-state index contributed by atoms with van der Waals surface area (Å²) in [5, 5.41) is 54.0. The monoisotopic (exact) mass is 674 g/mol. The third kappa shape index (κ3) is 21.8. The van der Waals surface area contributed by atoms with Crippen molar-refractivity contribution in [2.24, 2.45) is 0 Å². The van der Waals surface area contributed by atoms with Crippen LogP contribution in [0.25, 0.3) is 0 Å². The molecule has 0 spiro atoms. The van der Waals surface area contributed by atoms with Gasteiger partial charge in [-0.25, -0.2) is 0 Å². The Hall–Kier alpha value is -0.810. The molecular formula is C38H75NO8. The van der Waals surface area contributed by atoms with Crippen LogP contribution in [0.15, 0.2) is 0 Å². The Labute approximate surface area is 287 Å². The molecule has 1 aliphatic rings. The van der Waals surface area contributed by atoms with E-state index in [1.165, 1.54) is 116 Å². The van der Waals surface area contributed by atoms with Gasteiger partial charge in [0.25, 0.3) is 0 Å². The summed E-state index contributed by atoms with van der Waals surface area (Å²) in [6.07, 6.45) is 22.5. The molecule has 7 atom stereocenters. The van der Waals surface area contributed by atoms with E-state index in [9.17, 15) is 30.3 Å². The van der Waals surface area contributed by atoms with E-state index in [1.54, 1.807) is 0 Å². The first-order valence-electron chi connectivity index (χ1n) is 19.7. The largest absolute Gasteiger partial charge is 0.394 e. The van der Waals surface area contributed by atoms with E-state index >= 15 is 0 Å². The Morgan fingerprint density at radius 1 is 0.638 bits per heavy atom. The van der Waals surface area contributed by atoms with Crippen LogP contribution in [0.3, 0.4) is 0 Å². The van der Waals surface area contributed by atoms with Gasteiger partial charge in [-0.1, -0.05) is 162 Å². The lowest BCUT2D eigenvalue weighted by Crippen LogP contribution is -2.60. The number of nitrogens with one attached hydrogen (secondary N) is 1. The molecule has 1 rings (SSSR count). The number of amides is 1. The smallest absolute Gasteiger partial charge is 0.220 e. The molecule has 0 aliphatic carbocycles.